The molecule has 0 saturated carbocycles. The molecule has 0 aliphatic carbocycles. The van der Waals surface area contributed by atoms with Gasteiger partial charge in [-0.15, -0.1) is 0 Å². The Labute approximate surface area is 84.3 Å². The van der Waals surface area contributed by atoms with Crippen molar-refractivity contribution in [1.82, 2.24) is 0 Å². The monoisotopic (exact) mass is 218 g/mol. The Hall–Kier alpha value is -1.52. The van der Waals surface area contributed by atoms with Gasteiger partial charge in [-0.3, -0.25) is 4.79 Å². The summed E-state index contributed by atoms with van der Waals surface area (Å²) in [6.45, 7) is 1.56. The maximum absolute atomic E-state index is 13.2. The molecule has 5 heteroatoms. The summed E-state index contributed by atoms with van der Waals surface area (Å²) in [6, 6.07) is 3.17. The topological polar surface area (TPSA) is 37.3 Å². The number of carboxylic acids is 1. The lowest BCUT2D eigenvalue weighted by atomic mass is 10.0. The molecule has 0 bridgehead atoms. The van der Waals surface area contributed by atoms with Crippen molar-refractivity contribution < 1.29 is 23.1 Å². The minimum atomic E-state index is -3.68. The first-order chi connectivity index (χ1) is 6.83. The Bertz CT molecular complexity index is 388. The summed E-state index contributed by atoms with van der Waals surface area (Å²) in [4.78, 5) is 10.2. The maximum Gasteiger partial charge on any atom is 0.309 e. The van der Waals surface area contributed by atoms with Gasteiger partial charge in [0.1, 0.15) is 12.2 Å². The second kappa shape index (κ2) is 3.92. The lowest BCUT2D eigenvalue weighted by Crippen LogP contribution is -2.20. The first-order valence-corrected chi connectivity index (χ1v) is 4.19. The number of carboxylic acid groups (broad SMARTS) is 1. The fourth-order valence-corrected chi connectivity index (χ4v) is 1.20. The van der Waals surface area contributed by atoms with Crippen LogP contribution in [0, 0.1) is 12.7 Å². The number of hydrogen-bond acceptors (Lipinski definition) is 1. The Kier molecular flexibility index (Phi) is 3.02. The molecule has 1 aromatic carbocycles. The summed E-state index contributed by atoms with van der Waals surface area (Å²) in [5.74, 6) is -6.43. The van der Waals surface area contributed by atoms with Crippen LogP contribution in [0.25, 0.3) is 0 Å². The number of rotatable bonds is 3. The zero-order chi connectivity index (χ0) is 11.6. The third-order valence-electron chi connectivity index (χ3n) is 1.89. The fraction of sp³-hybridized carbons (Fsp3) is 0.300. The molecule has 1 aromatic rings. The van der Waals surface area contributed by atoms with Gasteiger partial charge in [0.2, 0.25) is 0 Å². The number of aliphatic carboxylic acids is 1. The van der Waals surface area contributed by atoms with Gasteiger partial charge in [-0.05, 0) is 24.6 Å². The van der Waals surface area contributed by atoms with E-state index in [4.69, 9.17) is 5.11 Å². The molecular formula is C10H9F3O2. The van der Waals surface area contributed by atoms with Gasteiger partial charge in [-0.1, -0.05) is 6.07 Å². The molecule has 82 valence electrons. The highest BCUT2D eigenvalue weighted by Gasteiger charge is 2.37. The Morgan fingerprint density at radius 3 is 2.53 bits per heavy atom. The molecule has 0 aliphatic heterocycles. The smallest absolute Gasteiger partial charge is 0.309 e. The van der Waals surface area contributed by atoms with Crippen LogP contribution in [0.2, 0.25) is 0 Å². The van der Waals surface area contributed by atoms with E-state index in [1.54, 1.807) is 6.92 Å². The predicted octanol–water partition coefficient (Wildman–Crippen LogP) is 2.70. The summed E-state index contributed by atoms with van der Waals surface area (Å²) in [7, 11) is 0. The summed E-state index contributed by atoms with van der Waals surface area (Å²) >= 11 is 0. The number of alkyl halides is 2. The van der Waals surface area contributed by atoms with E-state index in [0.29, 0.717) is 5.56 Å². The van der Waals surface area contributed by atoms with Crippen LogP contribution < -0.4 is 0 Å². The predicted molar refractivity (Wildman–Crippen MR) is 47.3 cm³/mol. The van der Waals surface area contributed by atoms with Crippen molar-refractivity contribution in [2.45, 2.75) is 19.3 Å². The molecule has 0 fully saturated rings. The molecule has 1 N–H and O–H groups in total. The van der Waals surface area contributed by atoms with Gasteiger partial charge in [0.25, 0.3) is 5.92 Å². The maximum atomic E-state index is 13.2. The van der Waals surface area contributed by atoms with Gasteiger partial charge in [-0.2, -0.15) is 0 Å². The Balaban J connectivity index is 3.09. The second-order valence-electron chi connectivity index (χ2n) is 3.26. The van der Waals surface area contributed by atoms with Crippen LogP contribution >= 0.6 is 0 Å². The van der Waals surface area contributed by atoms with Gasteiger partial charge in [0, 0.05) is 0 Å². The van der Waals surface area contributed by atoms with E-state index in [-0.39, 0.29) is 0 Å². The molecule has 0 aromatic heterocycles. The molecule has 0 heterocycles. The summed E-state index contributed by atoms with van der Waals surface area (Å²) in [5.41, 5.74) is -0.377. The normalized spacial score (nSPS) is 11.5. The van der Waals surface area contributed by atoms with Crippen molar-refractivity contribution in [2.75, 3.05) is 0 Å². The van der Waals surface area contributed by atoms with E-state index in [1.807, 2.05) is 0 Å². The average Bonchev–Trinajstić information content (AvgIpc) is 1.99. The molecule has 2 nitrogen and oxygen atoms in total. The molecule has 0 unspecified atom stereocenters. The van der Waals surface area contributed by atoms with Crippen LogP contribution in [0.5, 0.6) is 0 Å². The van der Waals surface area contributed by atoms with Crippen molar-refractivity contribution in [1.29, 1.82) is 0 Å². The fourth-order valence-electron chi connectivity index (χ4n) is 1.20. The van der Waals surface area contributed by atoms with Crippen LogP contribution in [0.4, 0.5) is 13.2 Å². The van der Waals surface area contributed by atoms with E-state index in [2.05, 4.69) is 0 Å². The Morgan fingerprint density at radius 1 is 1.47 bits per heavy atom. The number of aryl methyl sites for hydroxylation is 1. The lowest BCUT2D eigenvalue weighted by molar-refractivity contribution is -0.145. The van der Waals surface area contributed by atoms with Gasteiger partial charge in [-0.25, -0.2) is 13.2 Å². The largest absolute Gasteiger partial charge is 0.481 e. The highest BCUT2D eigenvalue weighted by atomic mass is 19.3. The standard InChI is InChI=1S/C10H9F3O2/c1-6-2-3-7(8(11)4-6)10(12,13)5-9(14)15/h2-4H,5H2,1H3,(H,14,15). The van der Waals surface area contributed by atoms with Crippen molar-refractivity contribution >= 4 is 5.97 Å². The number of carbonyl (C=O) groups is 1. The highest BCUT2D eigenvalue weighted by Crippen LogP contribution is 2.33. The van der Waals surface area contributed by atoms with Gasteiger partial charge in [0.05, 0.1) is 5.56 Å². The molecule has 0 radical (unpaired) electrons. The van der Waals surface area contributed by atoms with E-state index in [9.17, 15) is 18.0 Å². The minimum Gasteiger partial charge on any atom is -0.481 e. The molecule has 0 spiro atoms. The van der Waals surface area contributed by atoms with Gasteiger partial charge in [0.15, 0.2) is 0 Å². The van der Waals surface area contributed by atoms with Crippen LogP contribution in [0.3, 0.4) is 0 Å². The summed E-state index contributed by atoms with van der Waals surface area (Å²) in [5, 5.41) is 8.25. The van der Waals surface area contributed by atoms with Crippen LogP contribution in [-0.4, -0.2) is 11.1 Å². The zero-order valence-electron chi connectivity index (χ0n) is 7.93. The molecule has 0 amide bonds. The number of benzene rings is 1. The van der Waals surface area contributed by atoms with Gasteiger partial charge < -0.3 is 5.11 Å². The molecule has 0 aliphatic rings. The van der Waals surface area contributed by atoms with Crippen molar-refractivity contribution in [2.24, 2.45) is 0 Å². The van der Waals surface area contributed by atoms with E-state index in [1.165, 1.54) is 6.07 Å². The molecular weight excluding hydrogens is 209 g/mol. The van der Waals surface area contributed by atoms with Crippen LogP contribution in [0.1, 0.15) is 17.5 Å². The quantitative estimate of drug-likeness (QED) is 0.846. The van der Waals surface area contributed by atoms with Crippen molar-refractivity contribution in [3.63, 3.8) is 0 Å². The minimum absolute atomic E-state index is 0.502. The SMILES string of the molecule is Cc1ccc(C(F)(F)CC(=O)O)c(F)c1. The number of halogens is 3. The van der Waals surface area contributed by atoms with E-state index in [0.717, 1.165) is 12.1 Å². The summed E-state index contributed by atoms with van der Waals surface area (Å²) in [6.07, 6.45) is -1.41. The lowest BCUT2D eigenvalue weighted by Gasteiger charge is -2.15. The summed E-state index contributed by atoms with van der Waals surface area (Å²) < 4.78 is 39.5. The van der Waals surface area contributed by atoms with Crippen molar-refractivity contribution in [3.05, 3.63) is 35.1 Å². The molecule has 15 heavy (non-hydrogen) atoms. The van der Waals surface area contributed by atoms with Crippen LogP contribution in [-0.2, 0) is 10.7 Å². The number of hydrogen-bond donors (Lipinski definition) is 1. The first kappa shape index (κ1) is 11.6. The van der Waals surface area contributed by atoms with Crippen molar-refractivity contribution in [3.8, 4) is 0 Å². The molecule has 0 atom stereocenters. The third-order valence-corrected chi connectivity index (χ3v) is 1.89. The molecule has 1 rings (SSSR count). The van der Waals surface area contributed by atoms with E-state index < -0.39 is 29.7 Å². The third kappa shape index (κ3) is 2.71. The average molecular weight is 218 g/mol. The second-order valence-corrected chi connectivity index (χ2v) is 3.26. The van der Waals surface area contributed by atoms with Crippen LogP contribution in [0.15, 0.2) is 18.2 Å². The highest BCUT2D eigenvalue weighted by molar-refractivity contribution is 5.68. The first-order valence-electron chi connectivity index (χ1n) is 4.19. The van der Waals surface area contributed by atoms with E-state index >= 15 is 0 Å². The Morgan fingerprint density at radius 2 is 2.07 bits per heavy atom. The van der Waals surface area contributed by atoms with Gasteiger partial charge >= 0.3 is 5.97 Å². The zero-order valence-corrected chi connectivity index (χ0v) is 7.93. The molecule has 0 saturated heterocycles.